The minimum Gasteiger partial charge on any atom is -0.351 e. The van der Waals surface area contributed by atoms with E-state index >= 15 is 0 Å². The van der Waals surface area contributed by atoms with Crippen molar-refractivity contribution in [1.82, 2.24) is 19.9 Å². The third-order valence-corrected chi connectivity index (χ3v) is 6.10. The number of amides is 1. The van der Waals surface area contributed by atoms with Gasteiger partial charge in [0.1, 0.15) is 16.3 Å². The van der Waals surface area contributed by atoms with Gasteiger partial charge in [-0.3, -0.25) is 9.20 Å². The molecular weight excluding hydrogens is 448 g/mol. The Morgan fingerprint density at radius 1 is 1.21 bits per heavy atom. The molecule has 11 heteroatoms. The van der Waals surface area contributed by atoms with E-state index in [1.165, 1.54) is 21.9 Å². The van der Waals surface area contributed by atoms with Crippen LogP contribution in [0.1, 0.15) is 21.1 Å². The Labute approximate surface area is 176 Å². The van der Waals surface area contributed by atoms with Gasteiger partial charge in [0.25, 0.3) is 5.91 Å². The third-order valence-electron chi connectivity index (χ3n) is 4.22. The van der Waals surface area contributed by atoms with Crippen molar-refractivity contribution in [3.05, 3.63) is 62.8 Å². The van der Waals surface area contributed by atoms with Crippen molar-refractivity contribution in [2.75, 3.05) is 6.54 Å². The summed E-state index contributed by atoms with van der Waals surface area (Å²) in [5.41, 5.74) is -1.30. The first kappa shape index (κ1) is 19.9. The van der Waals surface area contributed by atoms with Gasteiger partial charge in [0.05, 0.1) is 10.0 Å². The van der Waals surface area contributed by atoms with E-state index in [2.05, 4.69) is 15.5 Å². The van der Waals surface area contributed by atoms with Crippen molar-refractivity contribution in [2.45, 2.75) is 12.6 Å². The van der Waals surface area contributed by atoms with E-state index in [9.17, 15) is 18.0 Å². The molecule has 0 aliphatic rings. The molecule has 0 saturated heterocycles. The van der Waals surface area contributed by atoms with Crippen molar-refractivity contribution in [3.8, 4) is 0 Å². The number of rotatable bonds is 4. The van der Waals surface area contributed by atoms with Crippen molar-refractivity contribution >= 4 is 56.2 Å². The SMILES string of the molecule is O=C(NCCc1nnc2c(C(F)(F)F)cc(Cl)cn12)c1sc2ccccc2c1Cl. The van der Waals surface area contributed by atoms with Crippen LogP contribution in [0.3, 0.4) is 0 Å². The molecule has 0 radical (unpaired) electrons. The maximum atomic E-state index is 13.2. The number of nitrogens with one attached hydrogen (secondary N) is 1. The monoisotopic (exact) mass is 458 g/mol. The third kappa shape index (κ3) is 3.77. The Morgan fingerprint density at radius 3 is 2.69 bits per heavy atom. The summed E-state index contributed by atoms with van der Waals surface area (Å²) < 4.78 is 41.6. The Balaban J connectivity index is 1.52. The highest BCUT2D eigenvalue weighted by atomic mass is 35.5. The molecular formula is C18H11Cl2F3N4OS. The fraction of sp³-hybridized carbons (Fsp3) is 0.167. The Kier molecular flexibility index (Phi) is 5.14. The van der Waals surface area contributed by atoms with Gasteiger partial charge in [0, 0.05) is 29.2 Å². The fourth-order valence-corrected chi connectivity index (χ4v) is 4.55. The number of halogens is 5. The highest BCUT2D eigenvalue weighted by Gasteiger charge is 2.35. The zero-order valence-electron chi connectivity index (χ0n) is 14.4. The van der Waals surface area contributed by atoms with Crippen LogP contribution < -0.4 is 5.32 Å². The van der Waals surface area contributed by atoms with Gasteiger partial charge in [-0.2, -0.15) is 13.2 Å². The number of alkyl halides is 3. The minimum atomic E-state index is -4.61. The minimum absolute atomic E-state index is 0.0908. The molecule has 0 fully saturated rings. The Hall–Kier alpha value is -2.36. The molecule has 29 heavy (non-hydrogen) atoms. The average Bonchev–Trinajstić information content (AvgIpc) is 3.22. The van der Waals surface area contributed by atoms with Crippen LogP contribution in [0.4, 0.5) is 13.2 Å². The zero-order valence-corrected chi connectivity index (χ0v) is 16.8. The van der Waals surface area contributed by atoms with Crippen LogP contribution in [-0.2, 0) is 12.6 Å². The average molecular weight is 459 g/mol. The number of hydrogen-bond donors (Lipinski definition) is 1. The lowest BCUT2D eigenvalue weighted by atomic mass is 10.2. The molecule has 3 heterocycles. The number of aromatic nitrogens is 3. The summed E-state index contributed by atoms with van der Waals surface area (Å²) in [6.45, 7) is 0.137. The van der Waals surface area contributed by atoms with Gasteiger partial charge in [-0.05, 0) is 12.1 Å². The first-order valence-corrected chi connectivity index (χ1v) is 9.88. The van der Waals surface area contributed by atoms with Crippen LogP contribution in [0.2, 0.25) is 10.0 Å². The largest absolute Gasteiger partial charge is 0.420 e. The van der Waals surface area contributed by atoms with E-state index in [1.807, 2.05) is 24.3 Å². The van der Waals surface area contributed by atoms with E-state index in [4.69, 9.17) is 23.2 Å². The molecule has 1 amide bonds. The number of carbonyl (C=O) groups is 1. The number of pyridine rings is 1. The molecule has 0 spiro atoms. The second kappa shape index (κ2) is 7.47. The molecule has 0 bridgehead atoms. The number of thiophene rings is 1. The molecule has 4 aromatic rings. The molecule has 150 valence electrons. The number of hydrogen-bond acceptors (Lipinski definition) is 4. The zero-order chi connectivity index (χ0) is 20.8. The van der Waals surface area contributed by atoms with Gasteiger partial charge < -0.3 is 5.32 Å². The van der Waals surface area contributed by atoms with Crippen LogP contribution in [0.15, 0.2) is 36.5 Å². The molecule has 0 aliphatic carbocycles. The lowest BCUT2D eigenvalue weighted by molar-refractivity contribution is -0.136. The van der Waals surface area contributed by atoms with Crippen LogP contribution >= 0.6 is 34.5 Å². The number of carbonyl (C=O) groups excluding carboxylic acids is 1. The van der Waals surface area contributed by atoms with Gasteiger partial charge in [0.15, 0.2) is 5.65 Å². The molecule has 0 unspecified atom stereocenters. The quantitative estimate of drug-likeness (QED) is 0.454. The van der Waals surface area contributed by atoms with Crippen molar-refractivity contribution in [2.24, 2.45) is 0 Å². The van der Waals surface area contributed by atoms with E-state index in [-0.39, 0.29) is 35.4 Å². The second-order valence-electron chi connectivity index (χ2n) is 6.13. The molecule has 4 rings (SSSR count). The summed E-state index contributed by atoms with van der Waals surface area (Å²) in [6, 6.07) is 8.19. The Morgan fingerprint density at radius 2 is 1.97 bits per heavy atom. The lowest BCUT2D eigenvalue weighted by Crippen LogP contribution is -2.25. The van der Waals surface area contributed by atoms with E-state index < -0.39 is 11.7 Å². The summed E-state index contributed by atoms with van der Waals surface area (Å²) in [5, 5.41) is 11.2. The van der Waals surface area contributed by atoms with Crippen LogP contribution in [0.25, 0.3) is 15.7 Å². The highest BCUT2D eigenvalue weighted by molar-refractivity contribution is 7.21. The first-order valence-electron chi connectivity index (χ1n) is 8.31. The Bertz CT molecular complexity index is 1240. The van der Waals surface area contributed by atoms with E-state index in [1.54, 1.807) is 0 Å². The molecule has 3 aromatic heterocycles. The maximum absolute atomic E-state index is 13.2. The summed E-state index contributed by atoms with van der Waals surface area (Å²) >= 11 is 13.4. The summed E-state index contributed by atoms with van der Waals surface area (Å²) in [6.07, 6.45) is -3.14. The topological polar surface area (TPSA) is 59.3 Å². The van der Waals surface area contributed by atoms with Gasteiger partial charge in [0.2, 0.25) is 0 Å². The standard InChI is InChI=1S/C18H11Cl2F3N4OS/c19-9-7-11(18(21,22)23)16-26-25-13(27(16)8-9)5-6-24-17(28)15-14(20)10-3-1-2-4-12(10)29-15/h1-4,7-8H,5-6H2,(H,24,28). The predicted molar refractivity (Wildman–Crippen MR) is 106 cm³/mol. The highest BCUT2D eigenvalue weighted by Crippen LogP contribution is 2.35. The van der Waals surface area contributed by atoms with Gasteiger partial charge in [-0.15, -0.1) is 21.5 Å². The smallest absolute Gasteiger partial charge is 0.351 e. The van der Waals surface area contributed by atoms with E-state index in [0.717, 1.165) is 16.2 Å². The second-order valence-corrected chi connectivity index (χ2v) is 7.99. The first-order chi connectivity index (χ1) is 13.8. The fourth-order valence-electron chi connectivity index (χ4n) is 2.91. The summed E-state index contributed by atoms with van der Waals surface area (Å²) in [4.78, 5) is 12.8. The molecule has 1 aromatic carbocycles. The molecule has 1 N–H and O–H groups in total. The molecule has 0 saturated carbocycles. The molecule has 5 nitrogen and oxygen atoms in total. The van der Waals surface area contributed by atoms with Gasteiger partial charge >= 0.3 is 6.18 Å². The maximum Gasteiger partial charge on any atom is 0.420 e. The van der Waals surface area contributed by atoms with Crippen LogP contribution in [0.5, 0.6) is 0 Å². The van der Waals surface area contributed by atoms with Gasteiger partial charge in [-0.1, -0.05) is 41.4 Å². The van der Waals surface area contributed by atoms with Crippen molar-refractivity contribution < 1.29 is 18.0 Å². The van der Waals surface area contributed by atoms with Crippen LogP contribution in [0, 0.1) is 0 Å². The number of benzene rings is 1. The normalized spacial score (nSPS) is 12.0. The molecule has 0 aliphatic heterocycles. The van der Waals surface area contributed by atoms with E-state index in [0.29, 0.717) is 9.90 Å². The lowest BCUT2D eigenvalue weighted by Gasteiger charge is -2.09. The van der Waals surface area contributed by atoms with Crippen LogP contribution in [-0.4, -0.2) is 27.0 Å². The van der Waals surface area contributed by atoms with Crippen molar-refractivity contribution in [3.63, 3.8) is 0 Å². The summed E-state index contributed by atoms with van der Waals surface area (Å²) in [7, 11) is 0. The number of nitrogens with zero attached hydrogens (tertiary/aromatic N) is 3. The van der Waals surface area contributed by atoms with Gasteiger partial charge in [-0.25, -0.2) is 0 Å². The number of fused-ring (bicyclic) bond motifs is 2. The van der Waals surface area contributed by atoms with Crippen molar-refractivity contribution in [1.29, 1.82) is 0 Å². The summed E-state index contributed by atoms with van der Waals surface area (Å²) in [5.74, 6) is -0.116. The predicted octanol–water partition coefficient (Wildman–Crippen LogP) is 5.24. The molecule has 0 atom stereocenters.